The molecule has 4 heteroatoms. The van der Waals surface area contributed by atoms with Crippen molar-refractivity contribution in [3.8, 4) is 17.2 Å². The van der Waals surface area contributed by atoms with Crippen LogP contribution in [0.4, 0.5) is 4.39 Å². The Labute approximate surface area is 103 Å². The Morgan fingerprint density at radius 2 is 1.94 bits per heavy atom. The summed E-state index contributed by atoms with van der Waals surface area (Å²) in [5.41, 5.74) is 2.62. The molecule has 0 radical (unpaired) electrons. The molecule has 0 atom stereocenters. The summed E-state index contributed by atoms with van der Waals surface area (Å²) in [6.45, 7) is 1.80. The van der Waals surface area contributed by atoms with Crippen LogP contribution in [0.3, 0.4) is 0 Å². The lowest BCUT2D eigenvalue weighted by Gasteiger charge is -2.06. The molecule has 0 aliphatic rings. The quantitative estimate of drug-likeness (QED) is 0.719. The molecule has 0 saturated carbocycles. The van der Waals surface area contributed by atoms with E-state index in [4.69, 9.17) is 16.9 Å². The predicted octanol–water partition coefficient (Wildman–Crippen LogP) is 3.72. The zero-order chi connectivity index (χ0) is 12.4. The zero-order valence-corrected chi connectivity index (χ0v) is 9.79. The first-order chi connectivity index (χ1) is 8.11. The molecule has 0 N–H and O–H groups in total. The summed E-state index contributed by atoms with van der Waals surface area (Å²) in [5, 5.41) is 9.08. The van der Waals surface area contributed by atoms with Gasteiger partial charge in [0.25, 0.3) is 0 Å². The number of aryl methyl sites for hydroxylation is 1. The lowest BCUT2D eigenvalue weighted by atomic mass is 10.0. The minimum Gasteiger partial charge on any atom is -0.239 e. The van der Waals surface area contributed by atoms with Gasteiger partial charge in [-0.15, -0.1) is 0 Å². The summed E-state index contributed by atoms with van der Waals surface area (Å²) >= 11 is 5.82. The second kappa shape index (κ2) is 4.52. The van der Waals surface area contributed by atoms with Gasteiger partial charge in [0.15, 0.2) is 0 Å². The van der Waals surface area contributed by atoms with Crippen molar-refractivity contribution in [3.05, 3.63) is 52.6 Å². The van der Waals surface area contributed by atoms with E-state index in [0.29, 0.717) is 11.3 Å². The lowest BCUT2D eigenvalue weighted by Crippen LogP contribution is -1.92. The summed E-state index contributed by atoms with van der Waals surface area (Å²) in [6.07, 6.45) is 0. The molecular weight excluding hydrogens is 239 g/mol. The summed E-state index contributed by atoms with van der Waals surface area (Å²) in [5.74, 6) is -0.297. The van der Waals surface area contributed by atoms with Gasteiger partial charge in [-0.1, -0.05) is 23.7 Å². The van der Waals surface area contributed by atoms with Crippen molar-refractivity contribution >= 4 is 11.6 Å². The molecule has 2 rings (SSSR count). The van der Waals surface area contributed by atoms with Crippen LogP contribution in [0.25, 0.3) is 11.1 Å². The molecule has 0 spiro atoms. The zero-order valence-electron chi connectivity index (χ0n) is 9.04. The van der Waals surface area contributed by atoms with Gasteiger partial charge in [-0.2, -0.15) is 5.26 Å². The van der Waals surface area contributed by atoms with Crippen molar-refractivity contribution in [2.75, 3.05) is 0 Å². The molecule has 0 bridgehead atoms. The Hall–Kier alpha value is -1.92. The van der Waals surface area contributed by atoms with Gasteiger partial charge in [0.2, 0.25) is 0 Å². The largest absolute Gasteiger partial charge is 0.239 e. The van der Waals surface area contributed by atoms with E-state index in [9.17, 15) is 4.39 Å². The molecule has 1 aromatic carbocycles. The highest BCUT2D eigenvalue weighted by molar-refractivity contribution is 6.30. The van der Waals surface area contributed by atoms with E-state index in [1.165, 1.54) is 12.1 Å². The average Bonchev–Trinajstić information content (AvgIpc) is 2.31. The van der Waals surface area contributed by atoms with Gasteiger partial charge in [-0.05, 0) is 30.7 Å². The van der Waals surface area contributed by atoms with Crippen molar-refractivity contribution in [3.63, 3.8) is 0 Å². The fourth-order valence-corrected chi connectivity index (χ4v) is 1.80. The first-order valence-electron chi connectivity index (χ1n) is 4.95. The van der Waals surface area contributed by atoms with Crippen LogP contribution in [0.1, 0.15) is 11.3 Å². The number of pyridine rings is 1. The minimum absolute atomic E-state index is 0.191. The molecular formula is C13H8ClFN2. The molecule has 0 unspecified atom stereocenters. The third-order valence-electron chi connectivity index (χ3n) is 2.44. The number of benzene rings is 1. The van der Waals surface area contributed by atoms with Gasteiger partial charge < -0.3 is 0 Å². The normalized spacial score (nSPS) is 10.0. The van der Waals surface area contributed by atoms with Gasteiger partial charge in [0.05, 0.1) is 5.56 Å². The van der Waals surface area contributed by atoms with Crippen LogP contribution >= 0.6 is 11.6 Å². The van der Waals surface area contributed by atoms with Crippen LogP contribution in [-0.4, -0.2) is 4.98 Å². The predicted molar refractivity (Wildman–Crippen MR) is 64.1 cm³/mol. The van der Waals surface area contributed by atoms with Crippen molar-refractivity contribution < 1.29 is 4.39 Å². The highest BCUT2D eigenvalue weighted by Gasteiger charge is 2.09. The highest BCUT2D eigenvalue weighted by atomic mass is 35.5. The van der Waals surface area contributed by atoms with Crippen LogP contribution in [0.5, 0.6) is 0 Å². The van der Waals surface area contributed by atoms with E-state index >= 15 is 0 Å². The summed E-state index contributed by atoms with van der Waals surface area (Å²) in [4.78, 5) is 4.09. The monoisotopic (exact) mass is 246 g/mol. The molecule has 0 amide bonds. The van der Waals surface area contributed by atoms with E-state index in [-0.39, 0.29) is 11.0 Å². The maximum Gasteiger partial charge on any atom is 0.147 e. The Bertz CT molecular complexity index is 600. The number of hydrogen-bond donors (Lipinski definition) is 0. The molecule has 2 aromatic rings. The summed E-state index contributed by atoms with van der Waals surface area (Å²) < 4.78 is 12.8. The molecule has 1 heterocycles. The van der Waals surface area contributed by atoms with Crippen molar-refractivity contribution in [1.82, 2.24) is 4.98 Å². The smallest absolute Gasteiger partial charge is 0.147 e. The Morgan fingerprint density at radius 1 is 1.29 bits per heavy atom. The van der Waals surface area contributed by atoms with Gasteiger partial charge in [0, 0.05) is 11.3 Å². The fourth-order valence-electron chi connectivity index (χ4n) is 1.58. The fraction of sp³-hybridized carbons (Fsp3) is 0.0769. The van der Waals surface area contributed by atoms with E-state index < -0.39 is 0 Å². The summed E-state index contributed by atoms with van der Waals surface area (Å²) in [6, 6.07) is 9.68. The van der Waals surface area contributed by atoms with Crippen LogP contribution in [0, 0.1) is 24.1 Å². The average molecular weight is 247 g/mol. The number of nitrogens with zero attached hydrogens (tertiary/aromatic N) is 2. The first kappa shape index (κ1) is 11.6. The maximum atomic E-state index is 12.8. The molecule has 84 valence electrons. The third-order valence-corrected chi connectivity index (χ3v) is 2.73. The minimum atomic E-state index is -0.297. The Morgan fingerprint density at radius 3 is 2.53 bits per heavy atom. The molecule has 2 nitrogen and oxygen atoms in total. The maximum absolute atomic E-state index is 12.8. The van der Waals surface area contributed by atoms with Crippen LogP contribution in [-0.2, 0) is 0 Å². The second-order valence-corrected chi connectivity index (χ2v) is 3.94. The van der Waals surface area contributed by atoms with Crippen molar-refractivity contribution in [2.24, 2.45) is 0 Å². The van der Waals surface area contributed by atoms with Crippen LogP contribution in [0.15, 0.2) is 30.3 Å². The number of nitriles is 1. The molecule has 0 fully saturated rings. The topological polar surface area (TPSA) is 36.7 Å². The van der Waals surface area contributed by atoms with Gasteiger partial charge in [-0.25, -0.2) is 9.37 Å². The van der Waals surface area contributed by atoms with E-state index in [2.05, 4.69) is 4.98 Å². The van der Waals surface area contributed by atoms with E-state index in [1.807, 2.05) is 6.07 Å². The standard InChI is InChI=1S/C13H8ClFN2/c1-8-12(6-10(7-16)13(14)17-8)9-2-4-11(15)5-3-9/h2-6H,1H3. The molecule has 0 saturated heterocycles. The van der Waals surface area contributed by atoms with E-state index in [0.717, 1.165) is 11.1 Å². The van der Waals surface area contributed by atoms with Crippen molar-refractivity contribution in [2.45, 2.75) is 6.92 Å². The van der Waals surface area contributed by atoms with Gasteiger partial charge in [-0.3, -0.25) is 0 Å². The van der Waals surface area contributed by atoms with Gasteiger partial charge in [0.1, 0.15) is 17.0 Å². The number of rotatable bonds is 1. The van der Waals surface area contributed by atoms with Crippen LogP contribution in [0.2, 0.25) is 5.15 Å². The second-order valence-electron chi connectivity index (χ2n) is 3.58. The lowest BCUT2D eigenvalue weighted by molar-refractivity contribution is 0.628. The number of halogens is 2. The first-order valence-corrected chi connectivity index (χ1v) is 5.33. The van der Waals surface area contributed by atoms with Crippen LogP contribution < -0.4 is 0 Å². The number of aromatic nitrogens is 1. The Kier molecular flexibility index (Phi) is 3.08. The third kappa shape index (κ3) is 2.27. The molecule has 1 aromatic heterocycles. The Balaban J connectivity index is 2.60. The number of hydrogen-bond acceptors (Lipinski definition) is 2. The van der Waals surface area contributed by atoms with Crippen molar-refractivity contribution in [1.29, 1.82) is 5.26 Å². The molecule has 17 heavy (non-hydrogen) atoms. The van der Waals surface area contributed by atoms with Gasteiger partial charge >= 0.3 is 0 Å². The summed E-state index contributed by atoms with van der Waals surface area (Å²) in [7, 11) is 0. The molecule has 0 aliphatic carbocycles. The van der Waals surface area contributed by atoms with E-state index in [1.54, 1.807) is 25.1 Å². The SMILES string of the molecule is Cc1nc(Cl)c(C#N)cc1-c1ccc(F)cc1. The molecule has 0 aliphatic heterocycles. The highest BCUT2D eigenvalue weighted by Crippen LogP contribution is 2.26.